The number of anilines is 1. The van der Waals surface area contributed by atoms with Gasteiger partial charge in [-0.2, -0.15) is 0 Å². The van der Waals surface area contributed by atoms with Gasteiger partial charge in [0.2, 0.25) is 5.91 Å². The van der Waals surface area contributed by atoms with E-state index in [1.54, 1.807) is 35.4 Å². The zero-order valence-corrected chi connectivity index (χ0v) is 16.6. The first-order chi connectivity index (χ1) is 13.3. The minimum absolute atomic E-state index is 0.126. The number of aliphatic hydroxyl groups is 1. The Morgan fingerprint density at radius 2 is 1.82 bits per heavy atom. The Kier molecular flexibility index (Phi) is 5.79. The lowest BCUT2D eigenvalue weighted by atomic mass is 9.87. The predicted octanol–water partition coefficient (Wildman–Crippen LogP) is 3.11. The van der Waals surface area contributed by atoms with Gasteiger partial charge in [-0.25, -0.2) is 0 Å². The molecule has 6 heteroatoms. The molecule has 0 atom stereocenters. The van der Waals surface area contributed by atoms with Crippen molar-refractivity contribution in [2.45, 2.75) is 39.2 Å². The van der Waals surface area contributed by atoms with Crippen LogP contribution in [0.5, 0.6) is 0 Å². The zero-order valence-electron chi connectivity index (χ0n) is 16.6. The molecular weight excluding hydrogens is 354 g/mol. The number of nitrogens with one attached hydrogen (secondary N) is 1. The Labute approximate surface area is 165 Å². The summed E-state index contributed by atoms with van der Waals surface area (Å²) in [5, 5.41) is 13.8. The number of piperidine rings is 1. The van der Waals surface area contributed by atoms with Gasteiger partial charge in [0.1, 0.15) is 5.60 Å². The van der Waals surface area contributed by atoms with Crippen LogP contribution in [-0.2, 0) is 10.4 Å². The van der Waals surface area contributed by atoms with E-state index in [4.69, 9.17) is 0 Å². The lowest BCUT2D eigenvalue weighted by molar-refractivity contribution is -0.118. The van der Waals surface area contributed by atoms with Crippen LogP contribution in [0.4, 0.5) is 5.69 Å². The van der Waals surface area contributed by atoms with E-state index in [2.05, 4.69) is 10.3 Å². The maximum atomic E-state index is 13.0. The van der Waals surface area contributed by atoms with Crippen molar-refractivity contribution in [3.8, 4) is 0 Å². The SMILES string of the molecule is Cc1ccc(C2(O)CCN(C(=O)c3ccccc3NC(=O)C(C)C)CC2)nc1. The smallest absolute Gasteiger partial charge is 0.255 e. The summed E-state index contributed by atoms with van der Waals surface area (Å²) in [4.78, 5) is 31.2. The summed E-state index contributed by atoms with van der Waals surface area (Å²) >= 11 is 0. The molecule has 1 aliphatic rings. The number of aromatic nitrogens is 1. The van der Waals surface area contributed by atoms with E-state index in [1.165, 1.54) is 0 Å². The molecule has 0 spiro atoms. The third-order valence-electron chi connectivity index (χ3n) is 5.21. The fourth-order valence-electron chi connectivity index (χ4n) is 3.30. The van der Waals surface area contributed by atoms with Gasteiger partial charge in [-0.05, 0) is 43.5 Å². The highest BCUT2D eigenvalue weighted by molar-refractivity contribution is 6.04. The minimum Gasteiger partial charge on any atom is -0.383 e. The van der Waals surface area contributed by atoms with Gasteiger partial charge in [0.05, 0.1) is 16.9 Å². The van der Waals surface area contributed by atoms with Gasteiger partial charge in [0.25, 0.3) is 5.91 Å². The van der Waals surface area contributed by atoms with Crippen molar-refractivity contribution in [1.82, 2.24) is 9.88 Å². The van der Waals surface area contributed by atoms with Crippen LogP contribution in [0.1, 0.15) is 48.3 Å². The Bertz CT molecular complexity index is 854. The quantitative estimate of drug-likeness (QED) is 0.853. The van der Waals surface area contributed by atoms with Crippen molar-refractivity contribution < 1.29 is 14.7 Å². The summed E-state index contributed by atoms with van der Waals surface area (Å²) in [6, 6.07) is 10.8. The molecule has 28 heavy (non-hydrogen) atoms. The van der Waals surface area contributed by atoms with E-state index < -0.39 is 5.60 Å². The molecule has 0 aliphatic carbocycles. The molecule has 1 fully saturated rings. The summed E-state index contributed by atoms with van der Waals surface area (Å²) in [7, 11) is 0. The van der Waals surface area contributed by atoms with Crippen LogP contribution >= 0.6 is 0 Å². The molecule has 2 amide bonds. The molecule has 6 nitrogen and oxygen atoms in total. The number of para-hydroxylation sites is 1. The number of likely N-dealkylation sites (tertiary alicyclic amines) is 1. The second-order valence-electron chi connectivity index (χ2n) is 7.73. The Morgan fingerprint density at radius 1 is 1.14 bits per heavy atom. The second-order valence-corrected chi connectivity index (χ2v) is 7.73. The molecule has 1 aromatic heterocycles. The predicted molar refractivity (Wildman–Crippen MR) is 108 cm³/mol. The summed E-state index contributed by atoms with van der Waals surface area (Å²) in [6.07, 6.45) is 2.60. The molecule has 148 valence electrons. The molecule has 1 saturated heterocycles. The zero-order chi connectivity index (χ0) is 20.3. The maximum absolute atomic E-state index is 13.0. The summed E-state index contributed by atoms with van der Waals surface area (Å²) in [5.41, 5.74) is 1.66. The molecule has 0 bridgehead atoms. The standard InChI is InChI=1S/C22H27N3O3/c1-15(2)20(26)24-18-7-5-4-6-17(18)21(27)25-12-10-22(28,11-13-25)19-9-8-16(3)14-23-19/h4-9,14-15,28H,10-13H2,1-3H3,(H,24,26). The number of carbonyl (C=O) groups excluding carboxylic acids is 2. The van der Waals surface area contributed by atoms with Crippen LogP contribution in [0, 0.1) is 12.8 Å². The van der Waals surface area contributed by atoms with Gasteiger partial charge < -0.3 is 15.3 Å². The van der Waals surface area contributed by atoms with Gasteiger partial charge >= 0.3 is 0 Å². The number of amides is 2. The van der Waals surface area contributed by atoms with Crippen molar-refractivity contribution in [2.24, 2.45) is 5.92 Å². The largest absolute Gasteiger partial charge is 0.383 e. The lowest BCUT2D eigenvalue weighted by Gasteiger charge is -2.38. The Balaban J connectivity index is 1.72. The van der Waals surface area contributed by atoms with E-state index in [1.807, 2.05) is 32.9 Å². The van der Waals surface area contributed by atoms with E-state index in [0.717, 1.165) is 5.56 Å². The average molecular weight is 381 g/mol. The molecule has 2 N–H and O–H groups in total. The van der Waals surface area contributed by atoms with Crippen LogP contribution in [0.3, 0.4) is 0 Å². The maximum Gasteiger partial charge on any atom is 0.255 e. The average Bonchev–Trinajstić information content (AvgIpc) is 2.69. The molecule has 1 aromatic carbocycles. The third-order valence-corrected chi connectivity index (χ3v) is 5.21. The van der Waals surface area contributed by atoms with Crippen LogP contribution < -0.4 is 5.32 Å². The molecule has 2 heterocycles. The second kappa shape index (κ2) is 8.10. The number of hydrogen-bond donors (Lipinski definition) is 2. The summed E-state index contributed by atoms with van der Waals surface area (Å²) in [5.74, 6) is -0.438. The van der Waals surface area contributed by atoms with Crippen LogP contribution in [0.2, 0.25) is 0 Å². The summed E-state index contributed by atoms with van der Waals surface area (Å²) in [6.45, 7) is 6.43. The first-order valence-electron chi connectivity index (χ1n) is 9.65. The minimum atomic E-state index is -1.02. The number of carbonyl (C=O) groups is 2. The number of hydrogen-bond acceptors (Lipinski definition) is 4. The highest BCUT2D eigenvalue weighted by Crippen LogP contribution is 2.32. The number of benzene rings is 1. The van der Waals surface area contributed by atoms with Crippen molar-refractivity contribution >= 4 is 17.5 Å². The highest BCUT2D eigenvalue weighted by Gasteiger charge is 2.37. The van der Waals surface area contributed by atoms with Gasteiger partial charge in [0.15, 0.2) is 0 Å². The van der Waals surface area contributed by atoms with E-state index in [-0.39, 0.29) is 17.7 Å². The van der Waals surface area contributed by atoms with E-state index in [9.17, 15) is 14.7 Å². The van der Waals surface area contributed by atoms with Crippen LogP contribution in [0.15, 0.2) is 42.6 Å². The van der Waals surface area contributed by atoms with Gasteiger partial charge in [-0.1, -0.05) is 32.0 Å². The van der Waals surface area contributed by atoms with E-state index >= 15 is 0 Å². The van der Waals surface area contributed by atoms with Crippen LogP contribution in [0.25, 0.3) is 0 Å². The molecule has 1 aliphatic heterocycles. The van der Waals surface area contributed by atoms with Crippen molar-refractivity contribution in [2.75, 3.05) is 18.4 Å². The first-order valence-corrected chi connectivity index (χ1v) is 9.65. The summed E-state index contributed by atoms with van der Waals surface area (Å²) < 4.78 is 0. The lowest BCUT2D eigenvalue weighted by Crippen LogP contribution is -2.45. The van der Waals surface area contributed by atoms with Crippen molar-refractivity contribution in [3.63, 3.8) is 0 Å². The molecular formula is C22H27N3O3. The Hall–Kier alpha value is -2.73. The number of rotatable bonds is 4. The highest BCUT2D eigenvalue weighted by atomic mass is 16.3. The molecule has 0 saturated carbocycles. The topological polar surface area (TPSA) is 82.5 Å². The van der Waals surface area contributed by atoms with Gasteiger partial charge in [-0.15, -0.1) is 0 Å². The Morgan fingerprint density at radius 3 is 2.43 bits per heavy atom. The molecule has 3 rings (SSSR count). The first kappa shape index (κ1) is 20.0. The van der Waals surface area contributed by atoms with E-state index in [0.29, 0.717) is 42.9 Å². The van der Waals surface area contributed by atoms with Gasteiger partial charge in [-0.3, -0.25) is 14.6 Å². The number of aryl methyl sites for hydroxylation is 1. The fourth-order valence-corrected chi connectivity index (χ4v) is 3.30. The normalized spacial score (nSPS) is 16.1. The monoisotopic (exact) mass is 381 g/mol. The van der Waals surface area contributed by atoms with Crippen molar-refractivity contribution in [1.29, 1.82) is 0 Å². The molecule has 0 radical (unpaired) electrons. The van der Waals surface area contributed by atoms with Crippen molar-refractivity contribution in [3.05, 3.63) is 59.4 Å². The van der Waals surface area contributed by atoms with Gasteiger partial charge in [0, 0.05) is 25.2 Å². The molecule has 0 unspecified atom stereocenters. The number of pyridine rings is 1. The third kappa shape index (κ3) is 4.22. The molecule has 2 aromatic rings. The fraction of sp³-hybridized carbons (Fsp3) is 0.409. The van der Waals surface area contributed by atoms with Crippen LogP contribution in [-0.4, -0.2) is 39.9 Å². The number of nitrogens with zero attached hydrogens (tertiary/aromatic N) is 2.